The summed E-state index contributed by atoms with van der Waals surface area (Å²) in [4.78, 5) is 6.70. The lowest BCUT2D eigenvalue weighted by molar-refractivity contribution is 0.853. The zero-order chi connectivity index (χ0) is 25.1. The lowest BCUT2D eigenvalue weighted by atomic mass is 9.74. The topological polar surface area (TPSA) is 16.1 Å². The van der Waals surface area contributed by atoms with Gasteiger partial charge in [-0.15, -0.1) is 0 Å². The summed E-state index contributed by atoms with van der Waals surface area (Å²) in [5.41, 5.74) is 11.7. The minimum atomic E-state index is 0.171. The summed E-state index contributed by atoms with van der Waals surface area (Å²) in [5.74, 6) is 0. The largest absolute Gasteiger partial charge is 0.310 e. The van der Waals surface area contributed by atoms with Crippen molar-refractivity contribution >= 4 is 27.8 Å². The first kappa shape index (κ1) is 21.4. The predicted molar refractivity (Wildman–Crippen MR) is 157 cm³/mol. The maximum Gasteiger partial charge on any atom is 0.0540 e. The highest BCUT2D eigenvalue weighted by molar-refractivity contribution is 6.10. The van der Waals surface area contributed by atoms with Gasteiger partial charge in [-0.05, 0) is 88.0 Å². The van der Waals surface area contributed by atoms with Gasteiger partial charge in [0.2, 0.25) is 0 Å². The van der Waals surface area contributed by atoms with Crippen LogP contribution in [0.15, 0.2) is 134 Å². The third kappa shape index (κ3) is 3.10. The number of rotatable bonds is 4. The van der Waals surface area contributed by atoms with Gasteiger partial charge in [0.25, 0.3) is 0 Å². The quantitative estimate of drug-likeness (QED) is 0.247. The van der Waals surface area contributed by atoms with Gasteiger partial charge in [-0.2, -0.15) is 0 Å². The molecule has 0 radical (unpaired) electrons. The van der Waals surface area contributed by atoms with Crippen LogP contribution in [0.4, 0.5) is 17.1 Å². The van der Waals surface area contributed by atoms with Gasteiger partial charge in [0.05, 0.1) is 5.69 Å². The molecule has 2 aliphatic rings. The molecule has 180 valence electrons. The second kappa shape index (κ2) is 8.16. The van der Waals surface area contributed by atoms with Gasteiger partial charge >= 0.3 is 0 Å². The third-order valence-electron chi connectivity index (χ3n) is 8.39. The van der Waals surface area contributed by atoms with Gasteiger partial charge in [0.15, 0.2) is 0 Å². The van der Waals surface area contributed by atoms with Crippen molar-refractivity contribution in [2.45, 2.75) is 18.3 Å². The molecule has 38 heavy (non-hydrogen) atoms. The number of anilines is 3. The lowest BCUT2D eigenvalue weighted by Crippen LogP contribution is -2.16. The average Bonchev–Trinajstić information content (AvgIpc) is 3.80. The minimum Gasteiger partial charge on any atom is -0.310 e. The molecule has 1 saturated carbocycles. The van der Waals surface area contributed by atoms with Gasteiger partial charge in [-0.25, -0.2) is 0 Å². The second-order valence-corrected chi connectivity index (χ2v) is 10.4. The summed E-state index contributed by atoms with van der Waals surface area (Å²) in [5, 5.41) is 2.72. The monoisotopic (exact) mass is 486 g/mol. The molecule has 1 spiro atoms. The summed E-state index contributed by atoms with van der Waals surface area (Å²) >= 11 is 0. The summed E-state index contributed by atoms with van der Waals surface area (Å²) in [6.07, 6.45) is 6.19. The Hall–Kier alpha value is -4.69. The number of benzene rings is 5. The molecule has 0 N–H and O–H groups in total. The van der Waals surface area contributed by atoms with Crippen LogP contribution in [-0.2, 0) is 5.41 Å². The van der Waals surface area contributed by atoms with Crippen LogP contribution in [-0.4, -0.2) is 4.98 Å². The van der Waals surface area contributed by atoms with Crippen molar-refractivity contribution < 1.29 is 0 Å². The summed E-state index contributed by atoms with van der Waals surface area (Å²) < 4.78 is 0. The fourth-order valence-electron chi connectivity index (χ4n) is 6.49. The molecule has 0 saturated heterocycles. The molecule has 1 aromatic heterocycles. The fourth-order valence-corrected chi connectivity index (χ4v) is 6.49. The van der Waals surface area contributed by atoms with Gasteiger partial charge in [-0.3, -0.25) is 4.98 Å². The van der Waals surface area contributed by atoms with Crippen LogP contribution in [0.2, 0.25) is 0 Å². The van der Waals surface area contributed by atoms with Crippen molar-refractivity contribution in [1.29, 1.82) is 0 Å². The van der Waals surface area contributed by atoms with Crippen LogP contribution < -0.4 is 4.90 Å². The minimum absolute atomic E-state index is 0.171. The van der Waals surface area contributed by atoms with E-state index in [1.54, 1.807) is 0 Å². The van der Waals surface area contributed by atoms with Crippen LogP contribution in [0.3, 0.4) is 0 Å². The van der Waals surface area contributed by atoms with E-state index in [0.29, 0.717) is 0 Å². The zero-order valence-corrected chi connectivity index (χ0v) is 21.0. The number of aromatic nitrogens is 1. The molecule has 0 unspecified atom stereocenters. The van der Waals surface area contributed by atoms with Gasteiger partial charge < -0.3 is 4.90 Å². The fraction of sp³-hybridized carbons (Fsp3) is 0.0833. The Labute approximate surface area is 222 Å². The van der Waals surface area contributed by atoms with Gasteiger partial charge in [0.1, 0.15) is 0 Å². The molecule has 2 heteroatoms. The molecule has 2 aliphatic carbocycles. The Morgan fingerprint density at radius 3 is 2.11 bits per heavy atom. The average molecular weight is 487 g/mol. The molecular weight excluding hydrogens is 460 g/mol. The van der Waals surface area contributed by atoms with Crippen LogP contribution in [0.25, 0.3) is 33.0 Å². The summed E-state index contributed by atoms with van der Waals surface area (Å²) in [6, 6.07) is 44.3. The first-order chi connectivity index (χ1) is 18.8. The van der Waals surface area contributed by atoms with Crippen molar-refractivity contribution in [3.63, 3.8) is 0 Å². The molecule has 5 aromatic carbocycles. The Balaban J connectivity index is 1.35. The Bertz CT molecular complexity index is 1800. The predicted octanol–water partition coefficient (Wildman–Crippen LogP) is 9.43. The molecule has 0 amide bonds. The van der Waals surface area contributed by atoms with Crippen molar-refractivity contribution in [2.24, 2.45) is 0 Å². The highest BCUT2D eigenvalue weighted by atomic mass is 15.1. The zero-order valence-electron chi connectivity index (χ0n) is 21.0. The standard InChI is InChI=1S/C36H26N2/c1-2-9-27(10-3-1)38(28-17-15-25(16-18-28)26-8-7-23-37-24-26)34-20-19-30-29-11-4-5-13-32(29)36(21-22-36)33-14-6-12-31(34)35(30)33/h1-20,23-24H,21-22H2. The lowest BCUT2D eigenvalue weighted by Gasteiger charge is -2.32. The van der Waals surface area contributed by atoms with E-state index < -0.39 is 0 Å². The summed E-state index contributed by atoms with van der Waals surface area (Å²) in [6.45, 7) is 0. The highest BCUT2D eigenvalue weighted by Gasteiger charge is 2.50. The van der Waals surface area contributed by atoms with E-state index in [-0.39, 0.29) is 5.41 Å². The van der Waals surface area contributed by atoms with E-state index in [0.717, 1.165) is 16.9 Å². The van der Waals surface area contributed by atoms with Gasteiger partial charge in [0, 0.05) is 34.6 Å². The van der Waals surface area contributed by atoms with E-state index in [9.17, 15) is 0 Å². The molecule has 0 atom stereocenters. The van der Waals surface area contributed by atoms with E-state index in [1.807, 2.05) is 18.5 Å². The number of hydrogen-bond acceptors (Lipinski definition) is 2. The third-order valence-corrected chi connectivity index (χ3v) is 8.39. The van der Waals surface area contributed by atoms with Crippen LogP contribution in [0.5, 0.6) is 0 Å². The molecule has 2 nitrogen and oxygen atoms in total. The van der Waals surface area contributed by atoms with E-state index in [2.05, 4.69) is 125 Å². The first-order valence-electron chi connectivity index (χ1n) is 13.4. The normalized spacial score (nSPS) is 14.3. The van der Waals surface area contributed by atoms with E-state index in [1.165, 1.54) is 57.1 Å². The Morgan fingerprint density at radius 1 is 0.553 bits per heavy atom. The second-order valence-electron chi connectivity index (χ2n) is 10.4. The number of para-hydroxylation sites is 1. The smallest absolute Gasteiger partial charge is 0.0540 e. The van der Waals surface area contributed by atoms with Crippen molar-refractivity contribution in [3.05, 3.63) is 145 Å². The molecule has 0 bridgehead atoms. The maximum absolute atomic E-state index is 4.30. The molecule has 1 fully saturated rings. The van der Waals surface area contributed by atoms with E-state index in [4.69, 9.17) is 0 Å². The number of nitrogens with zero attached hydrogens (tertiary/aromatic N) is 2. The Morgan fingerprint density at radius 2 is 1.32 bits per heavy atom. The molecule has 8 rings (SSSR count). The SMILES string of the molecule is c1ccc(N(c2ccc(-c3cccnc3)cc2)c2ccc3c4c(cccc24)C2(CC2)c2ccccc2-3)cc1. The van der Waals surface area contributed by atoms with Crippen molar-refractivity contribution in [2.75, 3.05) is 4.90 Å². The first-order valence-corrected chi connectivity index (χ1v) is 13.4. The number of fused-ring (bicyclic) bond motifs is 4. The maximum atomic E-state index is 4.30. The molecular formula is C36H26N2. The number of pyridine rings is 1. The molecule has 0 aliphatic heterocycles. The summed E-state index contributed by atoms with van der Waals surface area (Å²) in [7, 11) is 0. The molecule has 6 aromatic rings. The highest BCUT2D eigenvalue weighted by Crippen LogP contribution is 2.62. The van der Waals surface area contributed by atoms with Crippen molar-refractivity contribution in [3.8, 4) is 22.3 Å². The Kier molecular flexibility index (Phi) is 4.59. The number of hydrogen-bond donors (Lipinski definition) is 0. The van der Waals surface area contributed by atoms with Crippen molar-refractivity contribution in [1.82, 2.24) is 4.98 Å². The van der Waals surface area contributed by atoms with E-state index >= 15 is 0 Å². The molecule has 1 heterocycles. The van der Waals surface area contributed by atoms with Crippen LogP contribution in [0.1, 0.15) is 24.0 Å². The van der Waals surface area contributed by atoms with Crippen LogP contribution >= 0.6 is 0 Å². The van der Waals surface area contributed by atoms with Crippen LogP contribution in [0, 0.1) is 0 Å². The van der Waals surface area contributed by atoms with Gasteiger partial charge in [-0.1, -0.05) is 84.9 Å².